The number of rotatable bonds is 2. The van der Waals surface area contributed by atoms with Crippen LogP contribution in [0.4, 0.5) is 0 Å². The second-order valence-corrected chi connectivity index (χ2v) is 5.61. The summed E-state index contributed by atoms with van der Waals surface area (Å²) in [5.41, 5.74) is 2.82. The van der Waals surface area contributed by atoms with Gasteiger partial charge in [0, 0.05) is 17.6 Å². The van der Waals surface area contributed by atoms with Crippen LogP contribution in [0.5, 0.6) is 0 Å². The van der Waals surface area contributed by atoms with E-state index >= 15 is 0 Å². The zero-order valence-electron chi connectivity index (χ0n) is 12.5. The molecule has 1 heterocycles. The summed E-state index contributed by atoms with van der Waals surface area (Å²) in [6.07, 6.45) is 0. The molecule has 0 aliphatic carbocycles. The zero-order chi connectivity index (χ0) is 16.4. The molecule has 0 atom stereocenters. The molecule has 0 aliphatic heterocycles. The first-order chi connectivity index (χ1) is 11.1. The first kappa shape index (κ1) is 15.1. The minimum atomic E-state index is -0.316. The van der Waals surface area contributed by atoms with Crippen LogP contribution in [-0.2, 0) is 7.05 Å². The molecule has 3 rings (SSSR count). The molecule has 0 aliphatic rings. The molecule has 1 aromatic heterocycles. The topological polar surface area (TPSA) is 45.8 Å². The summed E-state index contributed by atoms with van der Waals surface area (Å²) in [6.45, 7) is 0. The van der Waals surface area contributed by atoms with Crippen LogP contribution in [0.1, 0.15) is 5.56 Å². The van der Waals surface area contributed by atoms with E-state index in [1.54, 1.807) is 25.2 Å². The maximum atomic E-state index is 12.6. The first-order valence-corrected chi connectivity index (χ1v) is 7.45. The van der Waals surface area contributed by atoms with E-state index in [1.807, 2.05) is 48.5 Å². The van der Waals surface area contributed by atoms with Gasteiger partial charge in [0.1, 0.15) is 11.6 Å². The molecule has 0 saturated carbocycles. The standard InChI is InChI=1S/C19H13ClN2O/c1-22-18(13-6-3-2-4-7-13)11-16(17(12-21)19(22)23)14-8-5-9-15(20)10-14/h2-11H,1H3. The number of hydrogen-bond acceptors (Lipinski definition) is 2. The van der Waals surface area contributed by atoms with Crippen molar-refractivity contribution < 1.29 is 0 Å². The summed E-state index contributed by atoms with van der Waals surface area (Å²) < 4.78 is 1.50. The third-order valence-corrected chi connectivity index (χ3v) is 3.98. The van der Waals surface area contributed by atoms with Gasteiger partial charge in [0.25, 0.3) is 5.56 Å². The van der Waals surface area contributed by atoms with E-state index in [4.69, 9.17) is 11.6 Å². The predicted octanol–water partition coefficient (Wildman–Crippen LogP) is 4.24. The molecule has 3 aromatic rings. The normalized spacial score (nSPS) is 10.3. The van der Waals surface area contributed by atoms with E-state index < -0.39 is 0 Å². The van der Waals surface area contributed by atoms with Crippen molar-refractivity contribution in [1.29, 1.82) is 5.26 Å². The highest BCUT2D eigenvalue weighted by atomic mass is 35.5. The smallest absolute Gasteiger partial charge is 0.269 e. The molecule has 112 valence electrons. The summed E-state index contributed by atoms with van der Waals surface area (Å²) in [6, 6.07) is 20.7. The molecule has 0 spiro atoms. The molecule has 0 amide bonds. The van der Waals surface area contributed by atoms with E-state index in [0.717, 1.165) is 16.8 Å². The largest absolute Gasteiger partial charge is 0.310 e. The Morgan fingerprint density at radius 1 is 1.00 bits per heavy atom. The molecule has 0 radical (unpaired) electrons. The monoisotopic (exact) mass is 320 g/mol. The molecule has 0 fully saturated rings. The Balaban J connectivity index is 2.34. The Kier molecular flexibility index (Phi) is 4.01. The molecule has 0 saturated heterocycles. The van der Waals surface area contributed by atoms with Gasteiger partial charge in [-0.2, -0.15) is 5.26 Å². The van der Waals surface area contributed by atoms with Gasteiger partial charge < -0.3 is 4.57 Å². The van der Waals surface area contributed by atoms with Crippen LogP contribution < -0.4 is 5.56 Å². The lowest BCUT2D eigenvalue weighted by Crippen LogP contribution is -2.22. The Bertz CT molecular complexity index is 969. The van der Waals surface area contributed by atoms with E-state index in [-0.39, 0.29) is 11.1 Å². The van der Waals surface area contributed by atoms with Crippen molar-refractivity contribution in [3.8, 4) is 28.5 Å². The number of benzene rings is 2. The van der Waals surface area contributed by atoms with Gasteiger partial charge in [0.05, 0.1) is 5.69 Å². The molecular formula is C19H13ClN2O. The number of nitrogens with zero attached hydrogens (tertiary/aromatic N) is 2. The second-order valence-electron chi connectivity index (χ2n) is 5.17. The Hall–Kier alpha value is -2.83. The second kappa shape index (κ2) is 6.12. The number of aromatic nitrogens is 1. The molecule has 0 unspecified atom stereocenters. The van der Waals surface area contributed by atoms with Gasteiger partial charge in [0.15, 0.2) is 0 Å². The fourth-order valence-corrected chi connectivity index (χ4v) is 2.77. The maximum Gasteiger partial charge on any atom is 0.269 e. The Morgan fingerprint density at radius 2 is 1.70 bits per heavy atom. The van der Waals surface area contributed by atoms with Crippen LogP contribution >= 0.6 is 11.6 Å². The van der Waals surface area contributed by atoms with Crippen molar-refractivity contribution in [2.75, 3.05) is 0 Å². The highest BCUT2D eigenvalue weighted by molar-refractivity contribution is 6.30. The molecular weight excluding hydrogens is 308 g/mol. The number of halogens is 1. The van der Waals surface area contributed by atoms with Crippen molar-refractivity contribution in [2.24, 2.45) is 7.05 Å². The third kappa shape index (κ3) is 2.77. The molecule has 23 heavy (non-hydrogen) atoms. The van der Waals surface area contributed by atoms with E-state index in [1.165, 1.54) is 4.57 Å². The number of hydrogen-bond donors (Lipinski definition) is 0. The van der Waals surface area contributed by atoms with Crippen LogP contribution in [0.2, 0.25) is 5.02 Å². The van der Waals surface area contributed by atoms with Crippen molar-refractivity contribution in [3.05, 3.63) is 81.6 Å². The van der Waals surface area contributed by atoms with E-state index in [0.29, 0.717) is 10.6 Å². The van der Waals surface area contributed by atoms with Gasteiger partial charge >= 0.3 is 0 Å². The highest BCUT2D eigenvalue weighted by Crippen LogP contribution is 2.28. The van der Waals surface area contributed by atoms with Crippen LogP contribution in [-0.4, -0.2) is 4.57 Å². The number of nitriles is 1. The molecule has 0 bridgehead atoms. The molecule has 3 nitrogen and oxygen atoms in total. The summed E-state index contributed by atoms with van der Waals surface area (Å²) in [7, 11) is 1.67. The highest BCUT2D eigenvalue weighted by Gasteiger charge is 2.15. The summed E-state index contributed by atoms with van der Waals surface area (Å²) in [5.74, 6) is 0. The van der Waals surface area contributed by atoms with Gasteiger partial charge in [-0.3, -0.25) is 4.79 Å². The average molecular weight is 321 g/mol. The van der Waals surface area contributed by atoms with Crippen LogP contribution in [0, 0.1) is 11.3 Å². The fourth-order valence-electron chi connectivity index (χ4n) is 2.58. The van der Waals surface area contributed by atoms with Gasteiger partial charge in [-0.05, 0) is 29.3 Å². The van der Waals surface area contributed by atoms with Crippen molar-refractivity contribution in [1.82, 2.24) is 4.57 Å². The minimum Gasteiger partial charge on any atom is -0.310 e. The van der Waals surface area contributed by atoms with Crippen LogP contribution in [0.3, 0.4) is 0 Å². The molecule has 2 aromatic carbocycles. The SMILES string of the molecule is Cn1c(-c2ccccc2)cc(-c2cccc(Cl)c2)c(C#N)c1=O. The molecule has 0 N–H and O–H groups in total. The summed E-state index contributed by atoms with van der Waals surface area (Å²) >= 11 is 6.05. The third-order valence-electron chi connectivity index (χ3n) is 3.75. The minimum absolute atomic E-state index is 0.120. The van der Waals surface area contributed by atoms with Crippen molar-refractivity contribution >= 4 is 11.6 Å². The van der Waals surface area contributed by atoms with E-state index in [9.17, 15) is 10.1 Å². The first-order valence-electron chi connectivity index (χ1n) is 7.07. The quantitative estimate of drug-likeness (QED) is 0.708. The lowest BCUT2D eigenvalue weighted by Gasteiger charge is -2.13. The van der Waals surface area contributed by atoms with Crippen molar-refractivity contribution in [3.63, 3.8) is 0 Å². The Labute approximate surface area is 139 Å². The lowest BCUT2D eigenvalue weighted by molar-refractivity contribution is 0.867. The van der Waals surface area contributed by atoms with E-state index in [2.05, 4.69) is 0 Å². The van der Waals surface area contributed by atoms with Gasteiger partial charge in [0.2, 0.25) is 0 Å². The lowest BCUT2D eigenvalue weighted by atomic mass is 9.98. The van der Waals surface area contributed by atoms with Crippen LogP contribution in [0.15, 0.2) is 65.5 Å². The summed E-state index contributed by atoms with van der Waals surface area (Å²) in [5, 5.41) is 9.98. The zero-order valence-corrected chi connectivity index (χ0v) is 13.2. The van der Waals surface area contributed by atoms with Gasteiger partial charge in [-0.15, -0.1) is 0 Å². The van der Waals surface area contributed by atoms with Crippen LogP contribution in [0.25, 0.3) is 22.4 Å². The predicted molar refractivity (Wildman–Crippen MR) is 92.3 cm³/mol. The molecule has 4 heteroatoms. The average Bonchev–Trinajstić information content (AvgIpc) is 2.58. The Morgan fingerprint density at radius 3 is 2.35 bits per heavy atom. The maximum absolute atomic E-state index is 12.6. The number of pyridine rings is 1. The van der Waals surface area contributed by atoms with Gasteiger partial charge in [-0.25, -0.2) is 0 Å². The van der Waals surface area contributed by atoms with Crippen molar-refractivity contribution in [2.45, 2.75) is 0 Å². The van der Waals surface area contributed by atoms with Gasteiger partial charge in [-0.1, -0.05) is 54.1 Å². The fraction of sp³-hybridized carbons (Fsp3) is 0.0526. The summed E-state index contributed by atoms with van der Waals surface area (Å²) in [4.78, 5) is 12.6.